The maximum absolute atomic E-state index is 14.5. The minimum absolute atomic E-state index is 0. The number of carboxylic acids is 1. The topological polar surface area (TPSA) is 49.8 Å². The highest BCUT2D eigenvalue weighted by Gasteiger charge is 2.43. The van der Waals surface area contributed by atoms with Crippen LogP contribution in [0.3, 0.4) is 0 Å². The Bertz CT molecular complexity index is 1160. The molecule has 4 nitrogen and oxygen atoms in total. The van der Waals surface area contributed by atoms with Crippen molar-refractivity contribution in [2.75, 3.05) is 0 Å². The zero-order valence-electron chi connectivity index (χ0n) is 19.0. The van der Waals surface area contributed by atoms with E-state index in [0.717, 1.165) is 36.8 Å². The number of rotatable bonds is 6. The van der Waals surface area contributed by atoms with Gasteiger partial charge in [0.25, 0.3) is 0 Å². The van der Waals surface area contributed by atoms with E-state index in [-0.39, 0.29) is 36.0 Å². The molecular weight excluding hydrogens is 528 g/mol. The molecule has 3 fully saturated rings. The largest absolute Gasteiger partial charge is 0.487 e. The first-order valence-corrected chi connectivity index (χ1v) is 11.9. The number of hydrogen-bond donors (Lipinski definition) is 1. The highest BCUT2D eigenvalue weighted by Crippen LogP contribution is 2.45. The van der Waals surface area contributed by atoms with E-state index in [0.29, 0.717) is 31.5 Å². The van der Waals surface area contributed by atoms with Gasteiger partial charge in [-0.1, -0.05) is 11.6 Å². The van der Waals surface area contributed by atoms with Gasteiger partial charge in [-0.15, -0.1) is 12.4 Å². The fourth-order valence-corrected chi connectivity index (χ4v) is 5.69. The van der Waals surface area contributed by atoms with Gasteiger partial charge >= 0.3 is 12.1 Å². The highest BCUT2D eigenvalue weighted by molar-refractivity contribution is 6.31. The Kier molecular flexibility index (Phi) is 7.48. The normalized spacial score (nSPS) is 23.9. The van der Waals surface area contributed by atoms with E-state index in [4.69, 9.17) is 16.3 Å². The van der Waals surface area contributed by atoms with Gasteiger partial charge in [-0.2, -0.15) is 13.2 Å². The summed E-state index contributed by atoms with van der Waals surface area (Å²) in [7, 11) is 0. The predicted molar refractivity (Wildman–Crippen MR) is 125 cm³/mol. The smallest absolute Gasteiger partial charge is 0.416 e. The summed E-state index contributed by atoms with van der Waals surface area (Å²) in [5.74, 6) is -3.35. The lowest BCUT2D eigenvalue weighted by Gasteiger charge is -2.39. The van der Waals surface area contributed by atoms with Crippen molar-refractivity contribution in [3.05, 3.63) is 63.2 Å². The number of nitrogens with zero attached hydrogens (tertiary/aromatic N) is 1. The van der Waals surface area contributed by atoms with E-state index in [9.17, 15) is 31.9 Å². The van der Waals surface area contributed by atoms with Crippen molar-refractivity contribution >= 4 is 30.0 Å². The van der Waals surface area contributed by atoms with Crippen LogP contribution < -0.4 is 4.74 Å². The van der Waals surface area contributed by atoms with Crippen LogP contribution in [-0.4, -0.2) is 34.2 Å². The number of piperidine rings is 1. The third kappa shape index (κ3) is 5.29. The summed E-state index contributed by atoms with van der Waals surface area (Å²) in [6.45, 7) is 0.453. The first-order chi connectivity index (χ1) is 16.5. The van der Waals surface area contributed by atoms with Crippen LogP contribution >= 0.6 is 24.0 Å². The molecule has 2 bridgehead atoms. The molecule has 1 N–H and O–H groups in total. The second-order valence-corrected chi connectivity index (χ2v) is 10.1. The van der Waals surface area contributed by atoms with Crippen LogP contribution in [0, 0.1) is 11.6 Å². The van der Waals surface area contributed by atoms with Gasteiger partial charge < -0.3 is 9.84 Å². The Morgan fingerprint density at radius 3 is 2.25 bits per heavy atom. The molecule has 36 heavy (non-hydrogen) atoms. The fourth-order valence-electron chi connectivity index (χ4n) is 5.47. The molecule has 3 atom stereocenters. The third-order valence-electron chi connectivity index (χ3n) is 7.29. The molecule has 3 aliphatic rings. The van der Waals surface area contributed by atoms with Crippen LogP contribution in [0.4, 0.5) is 22.0 Å². The summed E-state index contributed by atoms with van der Waals surface area (Å²) < 4.78 is 74.0. The van der Waals surface area contributed by atoms with Crippen LogP contribution in [0.25, 0.3) is 0 Å². The van der Waals surface area contributed by atoms with Crippen molar-refractivity contribution < 1.29 is 36.6 Å². The fraction of sp³-hybridized carbons (Fsp3) is 0.480. The third-order valence-corrected chi connectivity index (χ3v) is 7.56. The molecule has 1 aliphatic carbocycles. The van der Waals surface area contributed by atoms with Crippen LogP contribution in [-0.2, 0) is 12.7 Å². The molecule has 196 valence electrons. The average molecular weight is 552 g/mol. The van der Waals surface area contributed by atoms with Gasteiger partial charge in [0.2, 0.25) is 0 Å². The van der Waals surface area contributed by atoms with Gasteiger partial charge in [0.05, 0.1) is 16.1 Å². The molecule has 0 spiro atoms. The Balaban J connectivity index is 0.00000304. The van der Waals surface area contributed by atoms with Crippen LogP contribution in [0.1, 0.15) is 71.5 Å². The minimum atomic E-state index is -4.68. The quantitative estimate of drug-likeness (QED) is 0.385. The van der Waals surface area contributed by atoms with E-state index in [1.165, 1.54) is 12.1 Å². The average Bonchev–Trinajstić information content (AvgIpc) is 3.57. The molecule has 2 saturated heterocycles. The summed E-state index contributed by atoms with van der Waals surface area (Å²) in [6, 6.07) is 4.03. The molecule has 0 unspecified atom stereocenters. The lowest BCUT2D eigenvalue weighted by Crippen LogP contribution is -2.46. The monoisotopic (exact) mass is 551 g/mol. The molecule has 1 saturated carbocycles. The van der Waals surface area contributed by atoms with Crippen molar-refractivity contribution in [2.45, 2.75) is 75.4 Å². The van der Waals surface area contributed by atoms with Gasteiger partial charge in [0, 0.05) is 18.6 Å². The summed E-state index contributed by atoms with van der Waals surface area (Å²) >= 11 is 5.68. The lowest BCUT2D eigenvalue weighted by atomic mass is 9.95. The number of carbonyl (C=O) groups is 1. The number of ether oxygens (including phenoxy) is 1. The van der Waals surface area contributed by atoms with E-state index >= 15 is 0 Å². The zero-order valence-corrected chi connectivity index (χ0v) is 20.5. The Labute approximate surface area is 215 Å². The van der Waals surface area contributed by atoms with Crippen molar-refractivity contribution in [3.63, 3.8) is 0 Å². The van der Waals surface area contributed by atoms with Gasteiger partial charge in [-0.3, -0.25) is 4.90 Å². The molecule has 11 heteroatoms. The van der Waals surface area contributed by atoms with Crippen LogP contribution in [0.15, 0.2) is 24.3 Å². The Morgan fingerprint density at radius 1 is 1.06 bits per heavy atom. The van der Waals surface area contributed by atoms with E-state index in [2.05, 4.69) is 4.90 Å². The molecule has 2 heterocycles. The Morgan fingerprint density at radius 2 is 1.69 bits per heavy atom. The van der Waals surface area contributed by atoms with Crippen LogP contribution in [0.5, 0.6) is 5.75 Å². The highest BCUT2D eigenvalue weighted by atomic mass is 35.5. The van der Waals surface area contributed by atoms with Crippen molar-refractivity contribution in [1.82, 2.24) is 4.90 Å². The second kappa shape index (κ2) is 9.99. The second-order valence-electron chi connectivity index (χ2n) is 9.65. The molecule has 5 rings (SSSR count). The molecule has 2 aromatic rings. The predicted octanol–water partition coefficient (Wildman–Crippen LogP) is 7.21. The number of fused-ring (bicyclic) bond motifs is 2. The summed E-state index contributed by atoms with van der Waals surface area (Å²) in [5, 5.41) is 8.64. The first-order valence-electron chi connectivity index (χ1n) is 11.6. The SMILES string of the molecule is Cl.O=C(O)c1cc(C2CC2)c(CN2[C@@H]3CC[C@H]2C[C@H](Oc2cc(C(F)(F)F)cc(Cl)c2F)C3)cc1F. The van der Waals surface area contributed by atoms with Crippen molar-refractivity contribution in [1.29, 1.82) is 0 Å². The number of hydrogen-bond acceptors (Lipinski definition) is 3. The molecule has 0 aromatic heterocycles. The maximum atomic E-state index is 14.5. The maximum Gasteiger partial charge on any atom is 0.416 e. The van der Waals surface area contributed by atoms with E-state index in [1.807, 2.05) is 0 Å². The number of aromatic carboxylic acids is 1. The van der Waals surface area contributed by atoms with Gasteiger partial charge in [-0.05, 0) is 79.8 Å². The van der Waals surface area contributed by atoms with Gasteiger partial charge in [0.1, 0.15) is 11.9 Å². The number of alkyl halides is 3. The number of halogens is 7. The Hall–Kier alpha value is -2.10. The van der Waals surface area contributed by atoms with Crippen molar-refractivity contribution in [2.24, 2.45) is 0 Å². The van der Waals surface area contributed by atoms with Crippen molar-refractivity contribution in [3.8, 4) is 5.75 Å². The zero-order chi connectivity index (χ0) is 25.1. The van der Waals surface area contributed by atoms with Crippen LogP contribution in [0.2, 0.25) is 5.02 Å². The summed E-state index contributed by atoms with van der Waals surface area (Å²) in [5.41, 5.74) is 0.232. The standard InChI is InChI=1S/C25H23ClF5NO3.ClH/c26-20-6-14(25(29,30)31)7-22(23(20)28)35-17-8-15-3-4-16(9-17)32(15)11-13-5-21(27)19(24(33)34)10-18(13)12-1-2-12;/h5-7,10,12,15-17H,1-4,8-9,11H2,(H,33,34);1H/t15-,16+,17-;. The van der Waals surface area contributed by atoms with E-state index in [1.54, 1.807) is 0 Å². The summed E-state index contributed by atoms with van der Waals surface area (Å²) in [4.78, 5) is 13.6. The first kappa shape index (κ1) is 26.9. The molecule has 2 aliphatic heterocycles. The van der Waals surface area contributed by atoms with Gasteiger partial charge in [0.15, 0.2) is 11.6 Å². The molecule has 0 amide bonds. The number of carboxylic acid groups (broad SMARTS) is 1. The lowest BCUT2D eigenvalue weighted by molar-refractivity contribution is -0.137. The molecule has 0 radical (unpaired) electrons. The minimum Gasteiger partial charge on any atom is -0.487 e. The molecule has 2 aromatic carbocycles. The van der Waals surface area contributed by atoms with Gasteiger partial charge in [-0.25, -0.2) is 13.6 Å². The number of benzene rings is 2. The van der Waals surface area contributed by atoms with E-state index < -0.39 is 46.2 Å². The molecular formula is C25H24Cl2F5NO3. The summed E-state index contributed by atoms with van der Waals surface area (Å²) in [6.07, 6.45) is -0.641.